The molecule has 2 aliphatic rings. The van der Waals surface area contributed by atoms with Crippen molar-refractivity contribution in [2.75, 3.05) is 5.32 Å². The molecule has 0 bridgehead atoms. The van der Waals surface area contributed by atoms with E-state index in [0.717, 1.165) is 29.1 Å². The zero-order valence-corrected chi connectivity index (χ0v) is 14.1. The summed E-state index contributed by atoms with van der Waals surface area (Å²) < 4.78 is 0. The lowest BCUT2D eigenvalue weighted by molar-refractivity contribution is -0.146. The monoisotopic (exact) mass is 334 g/mol. The van der Waals surface area contributed by atoms with Gasteiger partial charge >= 0.3 is 0 Å². The molecule has 1 saturated heterocycles. The Labute approximate surface area is 142 Å². The molecule has 1 spiro atoms. The zero-order chi connectivity index (χ0) is 17.3. The number of carbonyl (C=O) groups is 1. The lowest BCUT2D eigenvalue weighted by Gasteiger charge is -2.34. The Hall–Kier alpha value is -1.67. The molecule has 1 aromatic rings. The van der Waals surface area contributed by atoms with Crippen LogP contribution in [0.1, 0.15) is 38.2 Å². The summed E-state index contributed by atoms with van der Waals surface area (Å²) in [6.07, 6.45) is 0.951. The summed E-state index contributed by atoms with van der Waals surface area (Å²) in [5.41, 5.74) is 3.76. The van der Waals surface area contributed by atoms with Crippen LogP contribution in [-0.4, -0.2) is 39.4 Å². The van der Waals surface area contributed by atoms with E-state index < -0.39 is 18.2 Å². The Bertz CT molecular complexity index is 584. The second-order valence-electron chi connectivity index (χ2n) is 7.00. The third kappa shape index (κ3) is 3.39. The summed E-state index contributed by atoms with van der Waals surface area (Å²) in [6, 6.07) is 7.52. The Kier molecular flexibility index (Phi) is 4.78. The molecule has 7 heteroatoms. The van der Waals surface area contributed by atoms with E-state index in [1.807, 2.05) is 31.2 Å². The Morgan fingerprint density at radius 3 is 2.54 bits per heavy atom. The number of benzene rings is 1. The standard InChI is InChI=1S/C17H26N4O3/c1-11-3-5-13(6-4-11)18-15(23)20-21-14(22)17(19-16(21)24)9-7-12(2)8-10-17/h3-6,12,15-16,18-20,23-24H,7-10H2,1-2H3. The van der Waals surface area contributed by atoms with Crippen LogP contribution in [0.4, 0.5) is 5.69 Å². The summed E-state index contributed by atoms with van der Waals surface area (Å²) in [6.45, 7) is 4.15. The summed E-state index contributed by atoms with van der Waals surface area (Å²) in [5, 5.41) is 27.3. The fraction of sp³-hybridized carbons (Fsp3) is 0.588. The van der Waals surface area contributed by atoms with Crippen molar-refractivity contribution in [3.63, 3.8) is 0 Å². The highest BCUT2D eigenvalue weighted by molar-refractivity contribution is 5.88. The molecule has 132 valence electrons. The van der Waals surface area contributed by atoms with E-state index >= 15 is 0 Å². The maximum absolute atomic E-state index is 12.7. The van der Waals surface area contributed by atoms with Crippen molar-refractivity contribution < 1.29 is 15.0 Å². The summed E-state index contributed by atoms with van der Waals surface area (Å²) >= 11 is 0. The van der Waals surface area contributed by atoms with Gasteiger partial charge in [-0.3, -0.25) is 10.1 Å². The first-order valence-corrected chi connectivity index (χ1v) is 8.46. The Balaban J connectivity index is 1.62. The second kappa shape index (κ2) is 6.68. The van der Waals surface area contributed by atoms with Gasteiger partial charge in [-0.05, 0) is 50.7 Å². The minimum Gasteiger partial charge on any atom is -0.360 e. The van der Waals surface area contributed by atoms with Crippen LogP contribution < -0.4 is 16.1 Å². The number of aryl methyl sites for hydroxylation is 1. The molecule has 1 aliphatic heterocycles. The maximum atomic E-state index is 12.7. The van der Waals surface area contributed by atoms with Crippen LogP contribution in [0.3, 0.4) is 0 Å². The minimum absolute atomic E-state index is 0.216. The van der Waals surface area contributed by atoms with Crippen LogP contribution >= 0.6 is 0 Å². The fourth-order valence-electron chi connectivity index (χ4n) is 3.43. The van der Waals surface area contributed by atoms with Gasteiger partial charge in [-0.15, -0.1) is 0 Å². The number of rotatable bonds is 4. The average molecular weight is 334 g/mol. The molecule has 3 rings (SSSR count). The fourth-order valence-corrected chi connectivity index (χ4v) is 3.43. The van der Waals surface area contributed by atoms with Gasteiger partial charge in [-0.1, -0.05) is 24.6 Å². The number of aliphatic hydroxyl groups excluding tert-OH is 2. The number of hydrogen-bond acceptors (Lipinski definition) is 6. The maximum Gasteiger partial charge on any atom is 0.260 e. The summed E-state index contributed by atoms with van der Waals surface area (Å²) in [4.78, 5) is 12.7. The van der Waals surface area contributed by atoms with E-state index in [9.17, 15) is 15.0 Å². The van der Waals surface area contributed by atoms with Crippen molar-refractivity contribution in [1.29, 1.82) is 0 Å². The van der Waals surface area contributed by atoms with Crippen LogP contribution in [0.25, 0.3) is 0 Å². The number of carbonyl (C=O) groups excluding carboxylic acids is 1. The van der Waals surface area contributed by atoms with E-state index in [4.69, 9.17) is 0 Å². The predicted molar refractivity (Wildman–Crippen MR) is 90.3 cm³/mol. The van der Waals surface area contributed by atoms with Gasteiger partial charge in [0.15, 0.2) is 6.35 Å². The highest BCUT2D eigenvalue weighted by Crippen LogP contribution is 2.36. The number of aliphatic hydroxyl groups is 2. The van der Waals surface area contributed by atoms with Crippen LogP contribution in [0.15, 0.2) is 24.3 Å². The third-order valence-corrected chi connectivity index (χ3v) is 5.02. The molecule has 1 aromatic carbocycles. The van der Waals surface area contributed by atoms with Gasteiger partial charge in [0, 0.05) is 5.69 Å². The van der Waals surface area contributed by atoms with Crippen molar-refractivity contribution in [3.05, 3.63) is 29.8 Å². The zero-order valence-electron chi connectivity index (χ0n) is 14.1. The van der Waals surface area contributed by atoms with Gasteiger partial charge in [0.25, 0.3) is 5.91 Å². The second-order valence-corrected chi connectivity index (χ2v) is 7.00. The first kappa shape index (κ1) is 17.2. The van der Waals surface area contributed by atoms with E-state index in [-0.39, 0.29) is 5.91 Å². The molecule has 1 aliphatic carbocycles. The predicted octanol–water partition coefficient (Wildman–Crippen LogP) is 0.844. The summed E-state index contributed by atoms with van der Waals surface area (Å²) in [5.74, 6) is 0.379. The van der Waals surface area contributed by atoms with Crippen molar-refractivity contribution >= 4 is 11.6 Å². The Morgan fingerprint density at radius 1 is 1.29 bits per heavy atom. The molecule has 24 heavy (non-hydrogen) atoms. The lowest BCUT2D eigenvalue weighted by Crippen LogP contribution is -2.54. The van der Waals surface area contributed by atoms with Gasteiger partial charge < -0.3 is 15.5 Å². The van der Waals surface area contributed by atoms with E-state index in [1.165, 1.54) is 0 Å². The quantitative estimate of drug-likeness (QED) is 0.524. The number of nitrogens with zero attached hydrogens (tertiary/aromatic N) is 1. The van der Waals surface area contributed by atoms with Crippen LogP contribution in [0, 0.1) is 12.8 Å². The molecular formula is C17H26N4O3. The molecule has 2 unspecified atom stereocenters. The van der Waals surface area contributed by atoms with Crippen LogP contribution in [-0.2, 0) is 4.79 Å². The third-order valence-electron chi connectivity index (χ3n) is 5.02. The van der Waals surface area contributed by atoms with Crippen LogP contribution in [0.2, 0.25) is 0 Å². The molecule has 7 nitrogen and oxygen atoms in total. The van der Waals surface area contributed by atoms with Crippen molar-refractivity contribution in [1.82, 2.24) is 15.8 Å². The largest absolute Gasteiger partial charge is 0.360 e. The molecule has 1 amide bonds. The molecule has 1 heterocycles. The summed E-state index contributed by atoms with van der Waals surface area (Å²) in [7, 11) is 0. The molecule has 0 radical (unpaired) electrons. The minimum atomic E-state index is -1.19. The van der Waals surface area contributed by atoms with E-state index in [1.54, 1.807) is 0 Å². The van der Waals surface area contributed by atoms with Crippen molar-refractivity contribution in [2.45, 2.75) is 57.8 Å². The molecular weight excluding hydrogens is 308 g/mol. The highest BCUT2D eigenvalue weighted by Gasteiger charge is 2.52. The van der Waals surface area contributed by atoms with Gasteiger partial charge in [0.2, 0.25) is 6.35 Å². The normalized spacial score (nSPS) is 31.5. The SMILES string of the molecule is Cc1ccc(NC(O)NN2C(=O)C3(CCC(C)CC3)NC2O)cc1. The number of anilines is 1. The first-order valence-electron chi connectivity index (χ1n) is 8.46. The number of hydrazine groups is 1. The molecule has 5 N–H and O–H groups in total. The van der Waals surface area contributed by atoms with E-state index in [2.05, 4.69) is 23.0 Å². The highest BCUT2D eigenvalue weighted by atomic mass is 16.3. The average Bonchev–Trinajstić information content (AvgIpc) is 2.77. The van der Waals surface area contributed by atoms with Gasteiger partial charge in [0.1, 0.15) is 5.54 Å². The number of amides is 1. The van der Waals surface area contributed by atoms with Gasteiger partial charge in [-0.25, -0.2) is 5.01 Å². The van der Waals surface area contributed by atoms with Gasteiger partial charge in [0.05, 0.1) is 0 Å². The molecule has 1 saturated carbocycles. The molecule has 0 aromatic heterocycles. The first-order chi connectivity index (χ1) is 11.4. The molecule has 2 fully saturated rings. The topological polar surface area (TPSA) is 96.9 Å². The smallest absolute Gasteiger partial charge is 0.260 e. The van der Waals surface area contributed by atoms with Gasteiger partial charge in [-0.2, -0.15) is 5.43 Å². The van der Waals surface area contributed by atoms with Crippen molar-refractivity contribution in [2.24, 2.45) is 5.92 Å². The van der Waals surface area contributed by atoms with E-state index in [0.29, 0.717) is 18.8 Å². The number of hydrogen-bond donors (Lipinski definition) is 5. The lowest BCUT2D eigenvalue weighted by atomic mass is 9.77. The number of nitrogens with one attached hydrogen (secondary N) is 3. The molecule has 2 atom stereocenters. The van der Waals surface area contributed by atoms with Crippen LogP contribution in [0.5, 0.6) is 0 Å². The van der Waals surface area contributed by atoms with Crippen molar-refractivity contribution in [3.8, 4) is 0 Å². The Morgan fingerprint density at radius 2 is 1.92 bits per heavy atom.